The zero-order valence-corrected chi connectivity index (χ0v) is 12.0. The smallest absolute Gasteiger partial charge is 0.213 e. The lowest BCUT2D eigenvalue weighted by molar-refractivity contribution is 0.0978. The van der Waals surface area contributed by atoms with E-state index < -0.39 is 5.92 Å². The van der Waals surface area contributed by atoms with Gasteiger partial charge in [0.2, 0.25) is 5.88 Å². The molecule has 0 N–H and O–H groups in total. The summed E-state index contributed by atoms with van der Waals surface area (Å²) >= 11 is 1.32. The molecule has 2 aromatic heterocycles. The predicted molar refractivity (Wildman–Crippen MR) is 74.9 cm³/mol. The van der Waals surface area contributed by atoms with Gasteiger partial charge >= 0.3 is 0 Å². The Hall–Kier alpha value is -2.26. The number of nitrogens with zero attached hydrogens (tertiary/aromatic N) is 3. The van der Waals surface area contributed by atoms with Crippen molar-refractivity contribution in [3.8, 4) is 11.9 Å². The van der Waals surface area contributed by atoms with E-state index in [1.165, 1.54) is 17.5 Å². The second-order valence-corrected chi connectivity index (χ2v) is 4.96. The Morgan fingerprint density at radius 2 is 2.35 bits per heavy atom. The van der Waals surface area contributed by atoms with E-state index in [1.807, 2.05) is 25.3 Å². The van der Waals surface area contributed by atoms with Gasteiger partial charge in [0.25, 0.3) is 0 Å². The minimum atomic E-state index is -0.881. The van der Waals surface area contributed by atoms with Gasteiger partial charge in [-0.1, -0.05) is 0 Å². The fraction of sp³-hybridized carbons (Fsp3) is 0.286. The zero-order chi connectivity index (χ0) is 14.5. The van der Waals surface area contributed by atoms with Crippen LogP contribution in [0.3, 0.4) is 0 Å². The van der Waals surface area contributed by atoms with Gasteiger partial charge in [-0.05, 0) is 19.9 Å². The summed E-state index contributed by atoms with van der Waals surface area (Å²) in [6, 6.07) is 5.25. The first-order chi connectivity index (χ1) is 9.65. The van der Waals surface area contributed by atoms with Crippen molar-refractivity contribution >= 4 is 17.1 Å². The number of ketones is 1. The Labute approximate surface area is 120 Å². The highest BCUT2D eigenvalue weighted by Gasteiger charge is 2.24. The van der Waals surface area contributed by atoms with Crippen LogP contribution in [0.1, 0.15) is 33.9 Å². The Kier molecular flexibility index (Phi) is 4.43. The van der Waals surface area contributed by atoms with Gasteiger partial charge in [-0.25, -0.2) is 9.97 Å². The molecule has 0 amide bonds. The number of hydrogen-bond acceptors (Lipinski definition) is 6. The Bertz CT molecular complexity index is 643. The van der Waals surface area contributed by atoms with Crippen LogP contribution in [0.25, 0.3) is 0 Å². The van der Waals surface area contributed by atoms with Crippen LogP contribution in [0, 0.1) is 18.3 Å². The molecule has 20 heavy (non-hydrogen) atoms. The van der Waals surface area contributed by atoms with Gasteiger partial charge in [-0.3, -0.25) is 4.79 Å². The summed E-state index contributed by atoms with van der Waals surface area (Å²) in [6.07, 6.45) is 1.43. The van der Waals surface area contributed by atoms with Crippen molar-refractivity contribution < 1.29 is 9.53 Å². The van der Waals surface area contributed by atoms with E-state index in [1.54, 1.807) is 12.1 Å². The number of hydrogen-bond donors (Lipinski definition) is 0. The molecule has 0 fully saturated rings. The summed E-state index contributed by atoms with van der Waals surface area (Å²) in [5, 5.41) is 11.6. The standard InChI is InChI=1S/C14H13N3O2S/c1-3-19-12-5-4-10(7-16-12)13(18)11(6-15)14-17-9(2)8-20-14/h4-5,7-8,11H,3H2,1-2H3/t11-/m1/s1. The van der Waals surface area contributed by atoms with Crippen molar-refractivity contribution in [3.63, 3.8) is 0 Å². The number of rotatable bonds is 5. The van der Waals surface area contributed by atoms with Crippen LogP contribution < -0.4 is 4.74 Å². The molecule has 6 heteroatoms. The maximum Gasteiger partial charge on any atom is 0.213 e. The third-order valence-electron chi connectivity index (χ3n) is 2.59. The number of carbonyl (C=O) groups excluding carboxylic acids is 1. The SMILES string of the molecule is CCOc1ccc(C(=O)[C@@H](C#N)c2nc(C)cs2)cn1. The average Bonchev–Trinajstić information content (AvgIpc) is 2.87. The normalized spacial score (nSPS) is 11.7. The van der Waals surface area contributed by atoms with Gasteiger partial charge in [-0.2, -0.15) is 5.26 Å². The van der Waals surface area contributed by atoms with Crippen LogP contribution in [0.15, 0.2) is 23.7 Å². The molecule has 2 heterocycles. The molecule has 0 saturated carbocycles. The zero-order valence-electron chi connectivity index (χ0n) is 11.2. The number of Topliss-reactive ketones (excluding diaryl/α,β-unsaturated/α-hetero) is 1. The van der Waals surface area contributed by atoms with Crippen molar-refractivity contribution in [1.82, 2.24) is 9.97 Å². The molecule has 0 spiro atoms. The van der Waals surface area contributed by atoms with Crippen LogP contribution in [-0.4, -0.2) is 22.4 Å². The summed E-state index contributed by atoms with van der Waals surface area (Å²) in [6.45, 7) is 4.20. The first kappa shape index (κ1) is 14.2. The number of nitriles is 1. The summed E-state index contributed by atoms with van der Waals surface area (Å²) < 4.78 is 5.22. The van der Waals surface area contributed by atoms with Crippen molar-refractivity contribution in [1.29, 1.82) is 5.26 Å². The van der Waals surface area contributed by atoms with Crippen LogP contribution >= 0.6 is 11.3 Å². The molecule has 2 rings (SSSR count). The molecule has 0 radical (unpaired) electrons. The largest absolute Gasteiger partial charge is 0.478 e. The number of pyridine rings is 1. The Morgan fingerprint density at radius 3 is 2.85 bits per heavy atom. The van der Waals surface area contributed by atoms with Crippen LogP contribution in [-0.2, 0) is 0 Å². The lowest BCUT2D eigenvalue weighted by Crippen LogP contribution is -2.11. The molecule has 0 aliphatic heterocycles. The summed E-state index contributed by atoms with van der Waals surface area (Å²) in [5.41, 5.74) is 1.19. The maximum atomic E-state index is 12.3. The van der Waals surface area contributed by atoms with E-state index in [2.05, 4.69) is 9.97 Å². The Morgan fingerprint density at radius 1 is 1.55 bits per heavy atom. The van der Waals surface area contributed by atoms with Crippen molar-refractivity contribution in [2.24, 2.45) is 0 Å². The summed E-state index contributed by atoms with van der Waals surface area (Å²) in [7, 11) is 0. The summed E-state index contributed by atoms with van der Waals surface area (Å²) in [5.74, 6) is -0.714. The molecule has 0 aliphatic rings. The molecular weight excluding hydrogens is 274 g/mol. The lowest BCUT2D eigenvalue weighted by Gasteiger charge is -2.06. The number of aryl methyl sites for hydroxylation is 1. The quantitative estimate of drug-likeness (QED) is 0.790. The van der Waals surface area contributed by atoms with Gasteiger partial charge in [0.15, 0.2) is 11.7 Å². The molecule has 5 nitrogen and oxygen atoms in total. The number of carbonyl (C=O) groups is 1. The first-order valence-electron chi connectivity index (χ1n) is 6.10. The van der Waals surface area contributed by atoms with Gasteiger partial charge < -0.3 is 4.74 Å². The minimum absolute atomic E-state index is 0.294. The van der Waals surface area contributed by atoms with E-state index >= 15 is 0 Å². The molecule has 0 unspecified atom stereocenters. The maximum absolute atomic E-state index is 12.3. The van der Waals surface area contributed by atoms with Crippen molar-refractivity contribution in [2.45, 2.75) is 19.8 Å². The molecule has 102 valence electrons. The minimum Gasteiger partial charge on any atom is -0.478 e. The van der Waals surface area contributed by atoms with E-state index in [0.29, 0.717) is 23.1 Å². The van der Waals surface area contributed by atoms with E-state index in [-0.39, 0.29) is 5.78 Å². The first-order valence-corrected chi connectivity index (χ1v) is 6.98. The second kappa shape index (κ2) is 6.26. The molecule has 0 aliphatic carbocycles. The van der Waals surface area contributed by atoms with Crippen LogP contribution in [0.2, 0.25) is 0 Å². The van der Waals surface area contributed by atoms with Crippen molar-refractivity contribution in [3.05, 3.63) is 40.0 Å². The van der Waals surface area contributed by atoms with Gasteiger partial charge in [0, 0.05) is 28.9 Å². The third kappa shape index (κ3) is 3.00. The highest BCUT2D eigenvalue weighted by atomic mass is 32.1. The molecule has 1 atom stereocenters. The van der Waals surface area contributed by atoms with Crippen molar-refractivity contribution in [2.75, 3.05) is 6.61 Å². The topological polar surface area (TPSA) is 75.9 Å². The third-order valence-corrected chi connectivity index (χ3v) is 3.62. The molecule has 0 aromatic carbocycles. The van der Waals surface area contributed by atoms with E-state index in [4.69, 9.17) is 4.74 Å². The Balaban J connectivity index is 2.23. The lowest BCUT2D eigenvalue weighted by atomic mass is 10.0. The molecule has 0 saturated heterocycles. The molecule has 2 aromatic rings. The van der Waals surface area contributed by atoms with Crippen LogP contribution in [0.4, 0.5) is 0 Å². The number of aromatic nitrogens is 2. The summed E-state index contributed by atoms with van der Waals surface area (Å²) in [4.78, 5) is 20.6. The highest BCUT2D eigenvalue weighted by Crippen LogP contribution is 2.24. The van der Waals surface area contributed by atoms with E-state index in [0.717, 1.165) is 5.69 Å². The van der Waals surface area contributed by atoms with Gasteiger partial charge in [-0.15, -0.1) is 11.3 Å². The van der Waals surface area contributed by atoms with Gasteiger partial charge in [0.1, 0.15) is 5.01 Å². The number of ether oxygens (including phenoxy) is 1. The van der Waals surface area contributed by atoms with Crippen LogP contribution in [0.5, 0.6) is 5.88 Å². The second-order valence-electron chi connectivity index (χ2n) is 4.07. The average molecular weight is 287 g/mol. The molecule has 0 bridgehead atoms. The highest BCUT2D eigenvalue weighted by molar-refractivity contribution is 7.10. The van der Waals surface area contributed by atoms with Gasteiger partial charge in [0.05, 0.1) is 12.7 Å². The number of thiazole rings is 1. The fourth-order valence-corrected chi connectivity index (χ4v) is 2.49. The fourth-order valence-electron chi connectivity index (χ4n) is 1.66. The predicted octanol–water partition coefficient (Wildman–Crippen LogP) is 2.74. The van der Waals surface area contributed by atoms with E-state index in [9.17, 15) is 10.1 Å². The molecular formula is C14H13N3O2S. The monoisotopic (exact) mass is 287 g/mol.